The third-order valence-electron chi connectivity index (χ3n) is 13.6. The largest absolute Gasteiger partial charge is 0.355 e. The molecule has 0 fully saturated rings. The molecule has 5 heteroatoms. The van der Waals surface area contributed by atoms with Gasteiger partial charge in [0, 0.05) is 79.3 Å². The van der Waals surface area contributed by atoms with Crippen molar-refractivity contribution in [3.8, 4) is 27.9 Å². The molecule has 1 radical (unpaired) electrons. The molecular formula is C55H40BN2S2. The normalized spacial score (nSPS) is 14.0. The minimum Gasteiger partial charge on any atom is -0.355 e. The second-order valence-corrected chi connectivity index (χ2v) is 20.6. The summed E-state index contributed by atoms with van der Waals surface area (Å²) in [5.41, 5.74) is 17.7. The number of hydrogen-bond donors (Lipinski definition) is 1. The van der Waals surface area contributed by atoms with E-state index in [-0.39, 0.29) is 10.8 Å². The number of thiophene rings is 2. The van der Waals surface area contributed by atoms with Crippen LogP contribution in [0.2, 0.25) is 0 Å². The molecule has 11 aromatic rings. The number of rotatable bonds is 3. The minimum atomic E-state index is -0.127. The molecule has 0 saturated heterocycles. The first-order valence-electron chi connectivity index (χ1n) is 21.0. The lowest BCUT2D eigenvalue weighted by molar-refractivity contribution is 0.590. The fourth-order valence-corrected chi connectivity index (χ4v) is 12.7. The summed E-state index contributed by atoms with van der Waals surface area (Å²) in [6, 6.07) is 55.4. The summed E-state index contributed by atoms with van der Waals surface area (Å²) < 4.78 is 7.91. The summed E-state index contributed by atoms with van der Waals surface area (Å²) in [5.74, 6) is 0. The van der Waals surface area contributed by atoms with E-state index >= 15 is 0 Å². The van der Waals surface area contributed by atoms with E-state index in [0.717, 1.165) is 11.4 Å². The van der Waals surface area contributed by atoms with Gasteiger partial charge in [0.15, 0.2) is 7.28 Å². The number of fused-ring (bicyclic) bond motifs is 14. The highest BCUT2D eigenvalue weighted by molar-refractivity contribution is 7.26. The molecule has 0 atom stereocenters. The Hall–Kier alpha value is -6.14. The van der Waals surface area contributed by atoms with Crippen LogP contribution in [0.4, 0.5) is 11.4 Å². The zero-order valence-corrected chi connectivity index (χ0v) is 35.8. The lowest BCUT2D eigenvalue weighted by Crippen LogP contribution is -2.37. The molecule has 4 heterocycles. The van der Waals surface area contributed by atoms with E-state index in [1.54, 1.807) is 0 Å². The van der Waals surface area contributed by atoms with Gasteiger partial charge in [-0.05, 0) is 104 Å². The van der Waals surface area contributed by atoms with Crippen molar-refractivity contribution in [3.05, 3.63) is 162 Å². The van der Waals surface area contributed by atoms with E-state index in [2.05, 4.69) is 197 Å². The van der Waals surface area contributed by atoms with Crippen molar-refractivity contribution in [1.82, 2.24) is 4.57 Å². The SMILES string of the molecule is CC(C)(C)c1ccc(Nc2cc3c(cc2-c2ccc4c5cc6c(cc5n5c4c2[B]c2cc4c(cc2-5)sc2ccccc24)sc2ccccc26)-c2ccccc2C3(C)C)cc1. The van der Waals surface area contributed by atoms with Crippen LogP contribution in [0.1, 0.15) is 51.3 Å². The average molecular weight is 804 g/mol. The fourth-order valence-electron chi connectivity index (χ4n) is 10.5. The van der Waals surface area contributed by atoms with Crippen molar-refractivity contribution in [3.63, 3.8) is 0 Å². The van der Waals surface area contributed by atoms with E-state index in [0.29, 0.717) is 0 Å². The molecule has 2 aliphatic rings. The van der Waals surface area contributed by atoms with E-state index in [1.807, 2.05) is 22.7 Å². The van der Waals surface area contributed by atoms with Gasteiger partial charge >= 0.3 is 0 Å². The molecule has 1 N–H and O–H groups in total. The maximum absolute atomic E-state index is 3.98. The van der Waals surface area contributed by atoms with Crippen molar-refractivity contribution >= 4 is 114 Å². The van der Waals surface area contributed by atoms with E-state index < -0.39 is 0 Å². The predicted molar refractivity (Wildman–Crippen MR) is 263 cm³/mol. The maximum atomic E-state index is 3.98. The zero-order chi connectivity index (χ0) is 40.2. The van der Waals surface area contributed by atoms with Crippen molar-refractivity contribution < 1.29 is 0 Å². The first-order chi connectivity index (χ1) is 29.1. The van der Waals surface area contributed by atoms with Crippen LogP contribution >= 0.6 is 22.7 Å². The predicted octanol–water partition coefficient (Wildman–Crippen LogP) is 14.5. The van der Waals surface area contributed by atoms with Gasteiger partial charge in [-0.1, -0.05) is 131 Å². The molecule has 8 aromatic carbocycles. The Balaban J connectivity index is 1.11. The molecule has 1 aliphatic carbocycles. The number of benzene rings is 8. The van der Waals surface area contributed by atoms with E-state index in [9.17, 15) is 0 Å². The van der Waals surface area contributed by atoms with Crippen LogP contribution < -0.4 is 16.2 Å². The summed E-state index contributed by atoms with van der Waals surface area (Å²) >= 11 is 3.79. The van der Waals surface area contributed by atoms with Crippen LogP contribution in [0, 0.1) is 0 Å². The van der Waals surface area contributed by atoms with Crippen LogP contribution in [0.15, 0.2) is 146 Å². The molecule has 60 heavy (non-hydrogen) atoms. The van der Waals surface area contributed by atoms with Crippen molar-refractivity contribution in [2.75, 3.05) is 5.32 Å². The Morgan fingerprint density at radius 1 is 0.533 bits per heavy atom. The standard InChI is InChI=1S/C55H40BN2S2/c1-54(2,3)30-18-20-31(21-19-30)57-45-27-43-37(32-12-6-9-15-42(32)55(43,4)5)24-38(45)35-22-23-36-39-25-40-33-13-7-10-16-48(33)59-50(40)28-46(39)58-47-29-51-41(26-44(47)56-52(35)53(36)58)34-14-8-11-17-49(34)60-51/h6-29,57H,1-5H3. The molecule has 0 unspecified atom stereocenters. The lowest BCUT2D eigenvalue weighted by Gasteiger charge is -2.26. The first kappa shape index (κ1) is 34.7. The molecule has 0 bridgehead atoms. The maximum Gasteiger partial charge on any atom is 0.197 e. The van der Waals surface area contributed by atoms with Gasteiger partial charge in [0.2, 0.25) is 0 Å². The Morgan fingerprint density at radius 2 is 1.22 bits per heavy atom. The quantitative estimate of drug-likeness (QED) is 0.176. The highest BCUT2D eigenvalue weighted by atomic mass is 32.1. The molecule has 2 nitrogen and oxygen atoms in total. The second kappa shape index (κ2) is 12.0. The van der Waals surface area contributed by atoms with Crippen LogP contribution in [-0.4, -0.2) is 11.8 Å². The summed E-state index contributed by atoms with van der Waals surface area (Å²) in [7, 11) is 2.49. The second-order valence-electron chi connectivity index (χ2n) is 18.4. The van der Waals surface area contributed by atoms with Crippen molar-refractivity contribution in [2.24, 2.45) is 0 Å². The van der Waals surface area contributed by atoms with Crippen molar-refractivity contribution in [2.45, 2.75) is 45.4 Å². The molecule has 0 amide bonds. The lowest BCUT2D eigenvalue weighted by atomic mass is 9.59. The molecule has 285 valence electrons. The number of anilines is 2. The zero-order valence-electron chi connectivity index (χ0n) is 34.2. The Bertz CT molecular complexity index is 3670. The van der Waals surface area contributed by atoms with Gasteiger partial charge in [-0.2, -0.15) is 0 Å². The monoisotopic (exact) mass is 803 g/mol. The fraction of sp³-hybridized carbons (Fsp3) is 0.127. The molecule has 3 aromatic heterocycles. The third-order valence-corrected chi connectivity index (χ3v) is 15.8. The van der Waals surface area contributed by atoms with Gasteiger partial charge in [0.1, 0.15) is 0 Å². The highest BCUT2D eigenvalue weighted by Gasteiger charge is 2.37. The Morgan fingerprint density at radius 3 is 1.97 bits per heavy atom. The molecule has 0 spiro atoms. The number of hydrogen-bond acceptors (Lipinski definition) is 3. The van der Waals surface area contributed by atoms with Gasteiger partial charge in [0.25, 0.3) is 0 Å². The number of nitrogens with zero attached hydrogens (tertiary/aromatic N) is 1. The van der Waals surface area contributed by atoms with Gasteiger partial charge in [-0.15, -0.1) is 22.7 Å². The van der Waals surface area contributed by atoms with Gasteiger partial charge in [0.05, 0.1) is 5.52 Å². The number of nitrogens with one attached hydrogen (secondary N) is 1. The molecule has 1 aliphatic heterocycles. The van der Waals surface area contributed by atoms with Gasteiger partial charge in [-0.3, -0.25) is 0 Å². The number of aromatic nitrogens is 1. The Kier molecular flexibility index (Phi) is 6.94. The first-order valence-corrected chi connectivity index (χ1v) is 22.6. The van der Waals surface area contributed by atoms with Crippen LogP contribution in [0.5, 0.6) is 0 Å². The average Bonchev–Trinajstić information content (AvgIpc) is 3.96. The van der Waals surface area contributed by atoms with E-state index in [1.165, 1.54) is 118 Å². The summed E-state index contributed by atoms with van der Waals surface area (Å²) in [6.45, 7) is 11.6. The summed E-state index contributed by atoms with van der Waals surface area (Å²) in [5, 5.41) is 11.9. The summed E-state index contributed by atoms with van der Waals surface area (Å²) in [4.78, 5) is 0. The molecule has 13 rings (SSSR count). The van der Waals surface area contributed by atoms with Gasteiger partial charge in [-0.25, -0.2) is 0 Å². The summed E-state index contributed by atoms with van der Waals surface area (Å²) in [6.07, 6.45) is 0. The van der Waals surface area contributed by atoms with Crippen LogP contribution in [-0.2, 0) is 10.8 Å². The minimum absolute atomic E-state index is 0.0822. The topological polar surface area (TPSA) is 17.0 Å². The molecular weight excluding hydrogens is 764 g/mol. The van der Waals surface area contributed by atoms with Crippen LogP contribution in [0.3, 0.4) is 0 Å². The highest BCUT2D eigenvalue weighted by Crippen LogP contribution is 2.52. The Labute approximate surface area is 358 Å². The van der Waals surface area contributed by atoms with Gasteiger partial charge < -0.3 is 9.88 Å². The van der Waals surface area contributed by atoms with E-state index in [4.69, 9.17) is 0 Å². The van der Waals surface area contributed by atoms with Crippen molar-refractivity contribution in [1.29, 1.82) is 0 Å². The van der Waals surface area contributed by atoms with Crippen LogP contribution in [0.25, 0.3) is 90.1 Å². The third kappa shape index (κ3) is 4.76. The smallest absolute Gasteiger partial charge is 0.197 e. The molecule has 0 saturated carbocycles.